The van der Waals surface area contributed by atoms with Gasteiger partial charge in [-0.25, -0.2) is 27.5 Å². The largest absolute Gasteiger partial charge is 0.361 e. The molecule has 2 aliphatic rings. The summed E-state index contributed by atoms with van der Waals surface area (Å²) in [6.45, 7) is 0.335. The minimum atomic E-state index is -2.96. The lowest BCUT2D eigenvalue weighted by Gasteiger charge is -2.50. The van der Waals surface area contributed by atoms with Crippen molar-refractivity contribution in [2.75, 3.05) is 31.1 Å². The molecule has 2 fully saturated rings. The molecule has 1 aromatic carbocycles. The van der Waals surface area contributed by atoms with Gasteiger partial charge in [0.15, 0.2) is 5.65 Å². The first-order valence-corrected chi connectivity index (χ1v) is 11.0. The monoisotopic (exact) mass is 483 g/mol. The molecule has 35 heavy (non-hydrogen) atoms. The maximum atomic E-state index is 15.3. The summed E-state index contributed by atoms with van der Waals surface area (Å²) in [6.07, 6.45) is 4.31. The number of nitrogens with one attached hydrogen (secondary N) is 2. The standard InChI is InChI=1S/C23H20F3N7O2/c24-15-3-1-2-14(6-15)9-31-10-22(11-31)12-32(13-23(22,25)26)18-7-17(30-33-5-4-27-19(18)33)16-8-28-21(35)29-20(16)34/h1-8H,9-13H2,(H2,28,29,34,35). The van der Waals surface area contributed by atoms with Crippen molar-refractivity contribution in [1.82, 2.24) is 29.5 Å². The number of hydrogen-bond donors (Lipinski definition) is 2. The number of imidazole rings is 1. The third kappa shape index (κ3) is 3.52. The van der Waals surface area contributed by atoms with Crippen LogP contribution in [0, 0.1) is 11.2 Å². The summed E-state index contributed by atoms with van der Waals surface area (Å²) < 4.78 is 45.6. The maximum absolute atomic E-state index is 15.3. The Morgan fingerprint density at radius 3 is 2.69 bits per heavy atom. The quantitative estimate of drug-likeness (QED) is 0.460. The van der Waals surface area contributed by atoms with Crippen LogP contribution in [0.15, 0.2) is 58.5 Å². The molecule has 0 aliphatic carbocycles. The van der Waals surface area contributed by atoms with Crippen LogP contribution in [0.5, 0.6) is 0 Å². The first-order valence-electron chi connectivity index (χ1n) is 11.0. The molecule has 0 saturated carbocycles. The maximum Gasteiger partial charge on any atom is 0.325 e. The van der Waals surface area contributed by atoms with E-state index < -0.39 is 29.1 Å². The lowest BCUT2D eigenvalue weighted by atomic mass is 9.76. The molecule has 0 amide bonds. The summed E-state index contributed by atoms with van der Waals surface area (Å²) in [5, 5.41) is 4.36. The molecule has 0 radical (unpaired) electrons. The van der Waals surface area contributed by atoms with Gasteiger partial charge in [0.25, 0.3) is 11.5 Å². The van der Waals surface area contributed by atoms with Gasteiger partial charge in [-0.3, -0.25) is 14.7 Å². The van der Waals surface area contributed by atoms with Gasteiger partial charge in [0, 0.05) is 44.8 Å². The zero-order valence-corrected chi connectivity index (χ0v) is 18.3. The van der Waals surface area contributed by atoms with Gasteiger partial charge in [0.2, 0.25) is 0 Å². The fourth-order valence-corrected chi connectivity index (χ4v) is 5.13. The van der Waals surface area contributed by atoms with Crippen LogP contribution in [0.3, 0.4) is 0 Å². The van der Waals surface area contributed by atoms with Gasteiger partial charge in [0.1, 0.15) is 11.5 Å². The Morgan fingerprint density at radius 2 is 1.91 bits per heavy atom. The van der Waals surface area contributed by atoms with Crippen molar-refractivity contribution in [3.63, 3.8) is 0 Å². The second-order valence-corrected chi connectivity index (χ2v) is 9.21. The van der Waals surface area contributed by atoms with Gasteiger partial charge in [-0.15, -0.1) is 0 Å². The molecule has 2 aliphatic heterocycles. The van der Waals surface area contributed by atoms with Gasteiger partial charge in [-0.05, 0) is 23.8 Å². The Hall–Kier alpha value is -3.93. The normalized spacial score (nSPS) is 18.9. The number of hydrogen-bond acceptors (Lipinski definition) is 6. The van der Waals surface area contributed by atoms with Crippen LogP contribution in [0.1, 0.15) is 5.56 Å². The highest BCUT2D eigenvalue weighted by Crippen LogP contribution is 2.51. The van der Waals surface area contributed by atoms with Crippen LogP contribution >= 0.6 is 0 Å². The number of rotatable bonds is 4. The van der Waals surface area contributed by atoms with Crippen molar-refractivity contribution in [2.45, 2.75) is 12.5 Å². The van der Waals surface area contributed by atoms with Gasteiger partial charge < -0.3 is 9.88 Å². The van der Waals surface area contributed by atoms with Crippen molar-refractivity contribution >= 4 is 11.3 Å². The number of fused-ring (bicyclic) bond motifs is 1. The summed E-state index contributed by atoms with van der Waals surface area (Å²) in [7, 11) is 0. The van der Waals surface area contributed by atoms with Crippen LogP contribution in [-0.4, -0.2) is 61.6 Å². The summed E-state index contributed by atoms with van der Waals surface area (Å²) in [4.78, 5) is 36.0. The molecule has 0 atom stereocenters. The van der Waals surface area contributed by atoms with E-state index >= 15 is 8.78 Å². The first kappa shape index (κ1) is 21.6. The van der Waals surface area contributed by atoms with E-state index in [0.29, 0.717) is 17.9 Å². The van der Waals surface area contributed by atoms with E-state index in [9.17, 15) is 14.0 Å². The van der Waals surface area contributed by atoms with Crippen molar-refractivity contribution in [2.24, 2.45) is 5.41 Å². The first-order chi connectivity index (χ1) is 16.7. The van der Waals surface area contributed by atoms with E-state index in [1.54, 1.807) is 29.3 Å². The lowest BCUT2D eigenvalue weighted by Crippen LogP contribution is -2.64. The Morgan fingerprint density at radius 1 is 1.09 bits per heavy atom. The Labute approximate surface area is 195 Å². The molecule has 2 saturated heterocycles. The highest BCUT2D eigenvalue weighted by Gasteiger charge is 2.65. The van der Waals surface area contributed by atoms with Gasteiger partial charge >= 0.3 is 5.69 Å². The minimum Gasteiger partial charge on any atom is -0.361 e. The minimum absolute atomic E-state index is 0.0909. The van der Waals surface area contributed by atoms with Crippen LogP contribution in [-0.2, 0) is 6.54 Å². The van der Waals surface area contributed by atoms with E-state index in [2.05, 4.69) is 20.1 Å². The smallest absolute Gasteiger partial charge is 0.325 e. The SMILES string of the molecule is O=c1[nH]cc(-c2cc(N3CC(F)(F)C4(CN(Cc5cccc(F)c5)C4)C3)c3nccn3n2)c(=O)[nH]1. The van der Waals surface area contributed by atoms with Gasteiger partial charge in [0.05, 0.1) is 23.2 Å². The van der Waals surface area contributed by atoms with Crippen LogP contribution < -0.4 is 16.1 Å². The fraction of sp³-hybridized carbons (Fsp3) is 0.304. The molecule has 1 spiro atoms. The number of nitrogens with zero attached hydrogens (tertiary/aromatic N) is 5. The average molecular weight is 483 g/mol. The number of anilines is 1. The van der Waals surface area contributed by atoms with E-state index in [-0.39, 0.29) is 36.7 Å². The van der Waals surface area contributed by atoms with Crippen molar-refractivity contribution in [1.29, 1.82) is 0 Å². The second-order valence-electron chi connectivity index (χ2n) is 9.21. The molecular weight excluding hydrogens is 463 g/mol. The third-order valence-electron chi connectivity index (χ3n) is 6.78. The molecule has 3 aromatic heterocycles. The predicted molar refractivity (Wildman–Crippen MR) is 121 cm³/mol. The second kappa shape index (κ2) is 7.54. The molecule has 12 heteroatoms. The van der Waals surface area contributed by atoms with Crippen LogP contribution in [0.25, 0.3) is 16.9 Å². The van der Waals surface area contributed by atoms with Crippen molar-refractivity contribution < 1.29 is 13.2 Å². The molecule has 0 unspecified atom stereocenters. The molecule has 9 nitrogen and oxygen atoms in total. The van der Waals surface area contributed by atoms with Gasteiger partial charge in [-0.1, -0.05) is 12.1 Å². The summed E-state index contributed by atoms with van der Waals surface area (Å²) >= 11 is 0. The molecular formula is C23H20F3N7O2. The van der Waals surface area contributed by atoms with Crippen molar-refractivity contribution in [3.05, 3.63) is 81.1 Å². The topological polar surface area (TPSA) is 102 Å². The average Bonchev–Trinajstić information content (AvgIpc) is 3.35. The zero-order valence-electron chi connectivity index (χ0n) is 18.3. The number of aromatic nitrogens is 5. The van der Waals surface area contributed by atoms with E-state index in [1.165, 1.54) is 29.0 Å². The van der Waals surface area contributed by atoms with E-state index in [4.69, 9.17) is 0 Å². The summed E-state index contributed by atoms with van der Waals surface area (Å²) in [5.41, 5.74) is -0.673. The number of aromatic amines is 2. The third-order valence-corrected chi connectivity index (χ3v) is 6.78. The number of alkyl halides is 2. The van der Waals surface area contributed by atoms with E-state index in [0.717, 1.165) is 5.56 Å². The molecule has 4 aromatic rings. The highest BCUT2D eigenvalue weighted by atomic mass is 19.3. The number of H-pyrrole nitrogens is 2. The van der Waals surface area contributed by atoms with Crippen molar-refractivity contribution in [3.8, 4) is 11.3 Å². The molecule has 6 rings (SSSR count). The summed E-state index contributed by atoms with van der Waals surface area (Å²) in [5.74, 6) is -3.32. The molecule has 2 N–H and O–H groups in total. The summed E-state index contributed by atoms with van der Waals surface area (Å²) in [6, 6.07) is 7.69. The Kier molecular flexibility index (Phi) is 4.65. The molecule has 0 bridgehead atoms. The van der Waals surface area contributed by atoms with Crippen LogP contribution in [0.4, 0.5) is 18.9 Å². The molecule has 180 valence electrons. The number of likely N-dealkylation sites (tertiary alicyclic amines) is 1. The predicted octanol–water partition coefficient (Wildman–Crippen LogP) is 1.87. The van der Waals surface area contributed by atoms with E-state index in [1.807, 2.05) is 4.90 Å². The lowest BCUT2D eigenvalue weighted by molar-refractivity contribution is -0.159. The Bertz CT molecular complexity index is 1550. The highest BCUT2D eigenvalue weighted by molar-refractivity contribution is 5.75. The number of halogens is 3. The van der Waals surface area contributed by atoms with Crippen LogP contribution in [0.2, 0.25) is 0 Å². The number of benzene rings is 1. The fourth-order valence-electron chi connectivity index (χ4n) is 5.13. The Balaban J connectivity index is 1.31. The molecule has 5 heterocycles. The zero-order chi connectivity index (χ0) is 24.4. The van der Waals surface area contributed by atoms with Gasteiger partial charge in [-0.2, -0.15) is 5.10 Å².